The summed E-state index contributed by atoms with van der Waals surface area (Å²) >= 11 is 0. The van der Waals surface area contributed by atoms with Crippen molar-refractivity contribution >= 4 is 20.4 Å². The first kappa shape index (κ1) is 28.1. The molecular formula is C25H40FNO6Si. The molecule has 0 saturated carbocycles. The van der Waals surface area contributed by atoms with Crippen LogP contribution in [0.2, 0.25) is 18.1 Å². The summed E-state index contributed by atoms with van der Waals surface area (Å²) in [5.74, 6) is -0.514. The molecule has 0 aliphatic heterocycles. The molecule has 9 heteroatoms. The third-order valence-corrected chi connectivity index (χ3v) is 10.8. The summed E-state index contributed by atoms with van der Waals surface area (Å²) in [7, 11) is -0.660. The number of benzene rings is 1. The Kier molecular flexibility index (Phi) is 8.80. The molecule has 7 nitrogen and oxygen atoms in total. The summed E-state index contributed by atoms with van der Waals surface area (Å²) in [5.41, 5.74) is 0.848. The van der Waals surface area contributed by atoms with Gasteiger partial charge < -0.3 is 24.0 Å². The number of rotatable bonds is 8. The first-order valence-electron chi connectivity index (χ1n) is 11.7. The molecule has 2 rings (SSSR count). The Morgan fingerprint density at radius 2 is 1.79 bits per heavy atom. The molecular weight excluding hydrogens is 457 g/mol. The van der Waals surface area contributed by atoms with Crippen molar-refractivity contribution < 1.29 is 32.6 Å². The number of ether oxygens (including phenoxy) is 3. The highest BCUT2D eigenvalue weighted by atomic mass is 28.4. The van der Waals surface area contributed by atoms with E-state index in [1.165, 1.54) is 13.2 Å². The van der Waals surface area contributed by atoms with Gasteiger partial charge in [0.05, 0.1) is 7.11 Å². The molecule has 0 radical (unpaired) electrons. The monoisotopic (exact) mass is 497 g/mol. The normalized spacial score (nSPS) is 17.1. The van der Waals surface area contributed by atoms with Gasteiger partial charge in [0.25, 0.3) is 0 Å². The fourth-order valence-corrected chi connectivity index (χ4v) is 4.52. The van der Waals surface area contributed by atoms with Crippen LogP contribution in [0.15, 0.2) is 12.1 Å². The third-order valence-electron chi connectivity index (χ3n) is 6.34. The van der Waals surface area contributed by atoms with E-state index in [1.807, 2.05) is 0 Å². The van der Waals surface area contributed by atoms with Gasteiger partial charge in [-0.1, -0.05) is 20.8 Å². The Balaban J connectivity index is 2.02. The third kappa shape index (κ3) is 7.70. The number of methoxy groups -OCH3 is 1. The number of nitrogens with one attached hydrogen (secondary N) is 1. The van der Waals surface area contributed by atoms with Crippen molar-refractivity contribution in [3.63, 3.8) is 0 Å². The van der Waals surface area contributed by atoms with Crippen molar-refractivity contribution in [3.05, 3.63) is 29.1 Å². The highest BCUT2D eigenvalue weighted by Gasteiger charge is 2.38. The molecule has 1 aromatic rings. The van der Waals surface area contributed by atoms with Gasteiger partial charge in [0.2, 0.25) is 0 Å². The van der Waals surface area contributed by atoms with Crippen LogP contribution in [-0.4, -0.2) is 52.3 Å². The lowest BCUT2D eigenvalue weighted by Crippen LogP contribution is -2.47. The molecule has 1 N–H and O–H groups in total. The van der Waals surface area contributed by atoms with E-state index < -0.39 is 32.0 Å². The van der Waals surface area contributed by atoms with E-state index in [-0.39, 0.29) is 23.4 Å². The molecule has 192 valence electrons. The van der Waals surface area contributed by atoms with Gasteiger partial charge in [-0.2, -0.15) is 0 Å². The fraction of sp³-hybridized carbons (Fsp3) is 0.680. The van der Waals surface area contributed by atoms with Gasteiger partial charge in [-0.15, -0.1) is 0 Å². The maximum absolute atomic E-state index is 14.8. The fourth-order valence-electron chi connectivity index (χ4n) is 3.43. The van der Waals surface area contributed by atoms with Crippen molar-refractivity contribution in [1.29, 1.82) is 0 Å². The number of esters is 1. The number of hydrogen-bond acceptors (Lipinski definition) is 6. The Labute approximate surface area is 203 Å². The lowest BCUT2D eigenvalue weighted by Gasteiger charge is -2.37. The predicted octanol–water partition coefficient (Wildman–Crippen LogP) is 5.01. The smallest absolute Gasteiger partial charge is 0.408 e. The van der Waals surface area contributed by atoms with Crippen LogP contribution in [0.3, 0.4) is 0 Å². The number of alkyl carbamates (subject to hydrolysis) is 1. The predicted molar refractivity (Wildman–Crippen MR) is 131 cm³/mol. The SMILES string of the molecule is COC(=O)C(COc1cc(F)c2c(c1)CC(CO[Si](C)(C)C(C)(C)C)C2)NC(=O)OC(C)(C)C. The van der Waals surface area contributed by atoms with Crippen LogP contribution >= 0.6 is 0 Å². The quantitative estimate of drug-likeness (QED) is 0.402. The zero-order chi connectivity index (χ0) is 25.9. The van der Waals surface area contributed by atoms with E-state index >= 15 is 0 Å². The van der Waals surface area contributed by atoms with Crippen LogP contribution in [0.4, 0.5) is 9.18 Å². The molecule has 1 aliphatic rings. The van der Waals surface area contributed by atoms with Gasteiger partial charge in [-0.05, 0) is 74.9 Å². The average Bonchev–Trinajstić information content (AvgIpc) is 3.10. The number of amides is 1. The average molecular weight is 498 g/mol. The Morgan fingerprint density at radius 3 is 2.35 bits per heavy atom. The van der Waals surface area contributed by atoms with Gasteiger partial charge >= 0.3 is 12.1 Å². The highest BCUT2D eigenvalue weighted by molar-refractivity contribution is 6.74. The molecule has 2 atom stereocenters. The Morgan fingerprint density at radius 1 is 1.15 bits per heavy atom. The van der Waals surface area contributed by atoms with E-state index in [4.69, 9.17) is 18.6 Å². The van der Waals surface area contributed by atoms with Gasteiger partial charge in [0, 0.05) is 12.7 Å². The summed E-state index contributed by atoms with van der Waals surface area (Å²) in [6.07, 6.45) is 0.562. The summed E-state index contributed by atoms with van der Waals surface area (Å²) in [6.45, 7) is 16.6. The van der Waals surface area contributed by atoms with E-state index in [0.29, 0.717) is 30.8 Å². The lowest BCUT2D eigenvalue weighted by atomic mass is 10.1. The van der Waals surface area contributed by atoms with Gasteiger partial charge in [-0.25, -0.2) is 14.0 Å². The number of hydrogen-bond donors (Lipinski definition) is 1. The van der Waals surface area contributed by atoms with Crippen LogP contribution in [0.25, 0.3) is 0 Å². The number of fused-ring (bicyclic) bond motifs is 1. The first-order valence-corrected chi connectivity index (χ1v) is 14.6. The molecule has 0 aromatic heterocycles. The summed E-state index contributed by atoms with van der Waals surface area (Å²) < 4.78 is 36.8. The minimum atomic E-state index is -1.88. The molecule has 1 aliphatic carbocycles. The second-order valence-corrected chi connectivity index (χ2v) is 16.2. The molecule has 0 saturated heterocycles. The number of carbonyl (C=O) groups excluding carboxylic acids is 2. The summed E-state index contributed by atoms with van der Waals surface area (Å²) in [5, 5.41) is 2.56. The summed E-state index contributed by atoms with van der Waals surface area (Å²) in [4.78, 5) is 24.2. The minimum absolute atomic E-state index is 0.119. The van der Waals surface area contributed by atoms with Crippen LogP contribution in [0, 0.1) is 11.7 Å². The largest absolute Gasteiger partial charge is 0.491 e. The topological polar surface area (TPSA) is 83.1 Å². The van der Waals surface area contributed by atoms with Crippen LogP contribution in [-0.2, 0) is 31.5 Å². The molecule has 34 heavy (non-hydrogen) atoms. The van der Waals surface area contributed by atoms with Crippen molar-refractivity contribution in [1.82, 2.24) is 5.32 Å². The number of halogens is 1. The molecule has 2 unspecified atom stereocenters. The molecule has 0 bridgehead atoms. The second-order valence-electron chi connectivity index (χ2n) is 11.4. The van der Waals surface area contributed by atoms with E-state index in [9.17, 15) is 14.0 Å². The van der Waals surface area contributed by atoms with E-state index in [2.05, 4.69) is 39.2 Å². The van der Waals surface area contributed by atoms with Gasteiger partial charge in [0.15, 0.2) is 14.4 Å². The second kappa shape index (κ2) is 10.6. The van der Waals surface area contributed by atoms with E-state index in [0.717, 1.165) is 5.56 Å². The van der Waals surface area contributed by atoms with Gasteiger partial charge in [0.1, 0.15) is 23.8 Å². The van der Waals surface area contributed by atoms with Crippen molar-refractivity contribution in [2.45, 2.75) is 84.2 Å². The minimum Gasteiger partial charge on any atom is -0.491 e. The zero-order valence-electron chi connectivity index (χ0n) is 22.0. The van der Waals surface area contributed by atoms with Crippen LogP contribution in [0.5, 0.6) is 5.75 Å². The standard InChI is InChI=1S/C25H40FNO6Si/c1-24(2,3)33-23(29)27-21(22(28)30-7)15-31-18-12-17-10-16(11-19(17)20(26)13-18)14-32-34(8,9)25(4,5)6/h12-13,16,21H,10-11,14-15H2,1-9H3,(H,27,29). The van der Waals surface area contributed by atoms with Crippen LogP contribution < -0.4 is 10.1 Å². The van der Waals surface area contributed by atoms with E-state index in [1.54, 1.807) is 26.8 Å². The van der Waals surface area contributed by atoms with Crippen LogP contribution in [0.1, 0.15) is 52.7 Å². The Bertz CT molecular complexity index is 891. The molecule has 0 heterocycles. The van der Waals surface area contributed by atoms with Crippen molar-refractivity contribution in [2.75, 3.05) is 20.3 Å². The lowest BCUT2D eigenvalue weighted by molar-refractivity contribution is -0.143. The molecule has 0 spiro atoms. The molecule has 1 aromatic carbocycles. The highest BCUT2D eigenvalue weighted by Crippen LogP contribution is 2.38. The zero-order valence-corrected chi connectivity index (χ0v) is 23.0. The summed E-state index contributed by atoms with van der Waals surface area (Å²) in [6, 6.07) is 2.02. The van der Waals surface area contributed by atoms with Gasteiger partial charge in [-0.3, -0.25) is 0 Å². The maximum atomic E-state index is 14.8. The molecule has 1 amide bonds. The van der Waals surface area contributed by atoms with Crippen molar-refractivity contribution in [2.24, 2.45) is 5.92 Å². The maximum Gasteiger partial charge on any atom is 0.408 e. The molecule has 0 fully saturated rings. The number of carbonyl (C=O) groups is 2. The van der Waals surface area contributed by atoms with Crippen molar-refractivity contribution in [3.8, 4) is 5.75 Å². The first-order chi connectivity index (χ1) is 15.5. The Hall–Kier alpha value is -2.13.